The number of aliphatic carboxylic acids is 1. The second kappa shape index (κ2) is 6.72. The maximum Gasteiger partial charge on any atom is 0.326 e. The van der Waals surface area contributed by atoms with Gasteiger partial charge in [0.25, 0.3) is 5.91 Å². The molecule has 5 N–H and O–H groups in total. The summed E-state index contributed by atoms with van der Waals surface area (Å²) < 4.78 is 4.83. The molecule has 0 bridgehead atoms. The van der Waals surface area contributed by atoms with Crippen molar-refractivity contribution in [3.8, 4) is 0 Å². The van der Waals surface area contributed by atoms with Crippen molar-refractivity contribution in [3.63, 3.8) is 0 Å². The molecule has 0 radical (unpaired) electrons. The fraction of sp³-hybridized carbons (Fsp3) is 0.500. The van der Waals surface area contributed by atoms with Gasteiger partial charge in [-0.2, -0.15) is 0 Å². The lowest BCUT2D eigenvalue weighted by molar-refractivity contribution is -0.143. The highest BCUT2D eigenvalue weighted by atomic mass is 16.5. The molecule has 0 aliphatic carbocycles. The van der Waals surface area contributed by atoms with Gasteiger partial charge in [-0.15, -0.1) is 0 Å². The zero-order valence-electron chi connectivity index (χ0n) is 9.92. The number of nitrogens with two attached hydrogens (primary N) is 1. The van der Waals surface area contributed by atoms with E-state index in [-0.39, 0.29) is 13.0 Å². The summed E-state index contributed by atoms with van der Waals surface area (Å²) in [5, 5.41) is 11.4. The highest BCUT2D eigenvalue weighted by molar-refractivity contribution is 5.86. The minimum Gasteiger partial charge on any atom is -0.480 e. The topological polar surface area (TPSA) is 130 Å². The molecular formula is C10H16N4O4. The van der Waals surface area contributed by atoms with Crippen molar-refractivity contribution >= 4 is 11.9 Å². The van der Waals surface area contributed by atoms with E-state index in [0.29, 0.717) is 5.69 Å². The van der Waals surface area contributed by atoms with Crippen LogP contribution in [0.4, 0.5) is 0 Å². The van der Waals surface area contributed by atoms with Crippen LogP contribution in [0.15, 0.2) is 12.5 Å². The fourth-order valence-electron chi connectivity index (χ4n) is 1.39. The van der Waals surface area contributed by atoms with Crippen molar-refractivity contribution in [2.75, 3.05) is 13.7 Å². The van der Waals surface area contributed by atoms with Crippen LogP contribution in [0.3, 0.4) is 0 Å². The summed E-state index contributed by atoms with van der Waals surface area (Å²) in [6.07, 6.45) is 2.20. The molecule has 8 nitrogen and oxygen atoms in total. The van der Waals surface area contributed by atoms with Crippen molar-refractivity contribution in [2.45, 2.75) is 18.6 Å². The molecular weight excluding hydrogens is 240 g/mol. The van der Waals surface area contributed by atoms with E-state index in [0.717, 1.165) is 0 Å². The second-order valence-corrected chi connectivity index (χ2v) is 3.64. The molecule has 1 aromatic rings. The number of hydrogen-bond donors (Lipinski definition) is 4. The van der Waals surface area contributed by atoms with Crippen LogP contribution in [-0.4, -0.2) is 52.8 Å². The van der Waals surface area contributed by atoms with E-state index in [4.69, 9.17) is 15.6 Å². The summed E-state index contributed by atoms with van der Waals surface area (Å²) >= 11 is 0. The van der Waals surface area contributed by atoms with E-state index in [1.807, 2.05) is 0 Å². The van der Waals surface area contributed by atoms with Gasteiger partial charge in [-0.25, -0.2) is 9.78 Å². The predicted octanol–water partition coefficient (Wildman–Crippen LogP) is -1.50. The van der Waals surface area contributed by atoms with Crippen LogP contribution < -0.4 is 11.1 Å². The number of aromatic amines is 1. The third-order valence-corrected chi connectivity index (χ3v) is 2.38. The first-order chi connectivity index (χ1) is 8.58. The van der Waals surface area contributed by atoms with Gasteiger partial charge >= 0.3 is 5.97 Å². The number of methoxy groups -OCH3 is 1. The number of aromatic nitrogens is 2. The Kier molecular flexibility index (Phi) is 5.28. The average Bonchev–Trinajstić information content (AvgIpc) is 2.82. The number of imidazole rings is 1. The van der Waals surface area contributed by atoms with Gasteiger partial charge in [0.2, 0.25) is 0 Å². The third-order valence-electron chi connectivity index (χ3n) is 2.38. The number of carbonyl (C=O) groups is 2. The standard InChI is InChI=1S/C10H16N4O4/c1-18-8(3-11)9(15)14-7(10(16)17)2-6-4-12-5-13-6/h4-5,7-8H,2-3,11H2,1H3,(H,12,13)(H,14,15)(H,16,17)/t7-,8?/m0/s1. The molecule has 0 saturated heterocycles. The number of carboxylic acid groups (broad SMARTS) is 1. The van der Waals surface area contributed by atoms with Gasteiger partial charge in [0.1, 0.15) is 12.1 Å². The predicted molar refractivity (Wildman–Crippen MR) is 61.7 cm³/mol. The minimum absolute atomic E-state index is 0.0151. The van der Waals surface area contributed by atoms with E-state index >= 15 is 0 Å². The van der Waals surface area contributed by atoms with E-state index < -0.39 is 24.0 Å². The van der Waals surface area contributed by atoms with Crippen molar-refractivity contribution in [3.05, 3.63) is 18.2 Å². The molecule has 0 fully saturated rings. The number of nitrogens with zero attached hydrogens (tertiary/aromatic N) is 1. The summed E-state index contributed by atoms with van der Waals surface area (Å²) in [5.41, 5.74) is 5.94. The molecule has 1 rings (SSSR count). The smallest absolute Gasteiger partial charge is 0.326 e. The van der Waals surface area contributed by atoms with Crippen LogP contribution >= 0.6 is 0 Å². The molecule has 0 aliphatic rings. The molecule has 100 valence electrons. The normalized spacial score (nSPS) is 13.9. The van der Waals surface area contributed by atoms with Crippen LogP contribution in [0, 0.1) is 0 Å². The van der Waals surface area contributed by atoms with E-state index in [1.54, 1.807) is 0 Å². The van der Waals surface area contributed by atoms with Gasteiger partial charge in [0.15, 0.2) is 0 Å². The van der Waals surface area contributed by atoms with Crippen molar-refractivity contribution in [1.82, 2.24) is 15.3 Å². The molecule has 2 atom stereocenters. The number of rotatable bonds is 7. The number of H-pyrrole nitrogens is 1. The van der Waals surface area contributed by atoms with E-state index in [2.05, 4.69) is 15.3 Å². The number of carboxylic acids is 1. The molecule has 0 spiro atoms. The maximum atomic E-state index is 11.6. The maximum absolute atomic E-state index is 11.6. The summed E-state index contributed by atoms with van der Waals surface area (Å²) in [7, 11) is 1.34. The van der Waals surface area contributed by atoms with Gasteiger partial charge in [-0.05, 0) is 0 Å². The van der Waals surface area contributed by atoms with Crippen LogP contribution in [0.1, 0.15) is 5.69 Å². The summed E-state index contributed by atoms with van der Waals surface area (Å²) in [4.78, 5) is 29.2. The first-order valence-electron chi connectivity index (χ1n) is 5.31. The molecule has 0 saturated carbocycles. The molecule has 1 aromatic heterocycles. The highest BCUT2D eigenvalue weighted by Gasteiger charge is 2.24. The quantitative estimate of drug-likeness (QED) is 0.469. The number of nitrogens with one attached hydrogen (secondary N) is 2. The number of amides is 1. The Morgan fingerprint density at radius 2 is 2.39 bits per heavy atom. The van der Waals surface area contributed by atoms with Gasteiger partial charge in [0, 0.05) is 32.0 Å². The zero-order valence-corrected chi connectivity index (χ0v) is 9.92. The van der Waals surface area contributed by atoms with Gasteiger partial charge < -0.3 is 25.9 Å². The second-order valence-electron chi connectivity index (χ2n) is 3.64. The monoisotopic (exact) mass is 256 g/mol. The summed E-state index contributed by atoms with van der Waals surface area (Å²) in [6.45, 7) is -0.0151. The first-order valence-corrected chi connectivity index (χ1v) is 5.31. The molecule has 1 unspecified atom stereocenters. The molecule has 8 heteroatoms. The largest absolute Gasteiger partial charge is 0.480 e. The van der Waals surface area contributed by atoms with Gasteiger partial charge in [-0.3, -0.25) is 4.79 Å². The zero-order chi connectivity index (χ0) is 13.5. The Balaban J connectivity index is 2.63. The molecule has 1 heterocycles. The lowest BCUT2D eigenvalue weighted by Crippen LogP contribution is -2.49. The first kappa shape index (κ1) is 14.1. The lowest BCUT2D eigenvalue weighted by atomic mass is 10.1. The van der Waals surface area contributed by atoms with Crippen LogP contribution in [0.25, 0.3) is 0 Å². The summed E-state index contributed by atoms with van der Waals surface area (Å²) in [5.74, 6) is -1.68. The number of ether oxygens (including phenoxy) is 1. The van der Waals surface area contributed by atoms with Crippen LogP contribution in [-0.2, 0) is 20.7 Å². The number of hydrogen-bond acceptors (Lipinski definition) is 5. The van der Waals surface area contributed by atoms with Crippen molar-refractivity contribution in [2.24, 2.45) is 5.73 Å². The Morgan fingerprint density at radius 3 is 2.83 bits per heavy atom. The Bertz CT molecular complexity index is 389. The molecule has 0 aromatic carbocycles. The lowest BCUT2D eigenvalue weighted by Gasteiger charge is -2.17. The minimum atomic E-state index is -1.13. The SMILES string of the molecule is COC(CN)C(=O)N[C@@H](Cc1cnc[nH]1)C(=O)O. The average molecular weight is 256 g/mol. The fourth-order valence-corrected chi connectivity index (χ4v) is 1.39. The van der Waals surface area contributed by atoms with Crippen molar-refractivity contribution in [1.29, 1.82) is 0 Å². The van der Waals surface area contributed by atoms with E-state index in [9.17, 15) is 9.59 Å². The molecule has 1 amide bonds. The van der Waals surface area contributed by atoms with Crippen LogP contribution in [0.5, 0.6) is 0 Å². The molecule has 18 heavy (non-hydrogen) atoms. The highest BCUT2D eigenvalue weighted by Crippen LogP contribution is 2.00. The van der Waals surface area contributed by atoms with Crippen molar-refractivity contribution < 1.29 is 19.4 Å². The summed E-state index contributed by atoms with van der Waals surface area (Å²) in [6, 6.07) is -1.05. The van der Waals surface area contributed by atoms with Crippen LogP contribution in [0.2, 0.25) is 0 Å². The Labute approximate surface area is 104 Å². The molecule has 0 aliphatic heterocycles. The van der Waals surface area contributed by atoms with Gasteiger partial charge in [0.05, 0.1) is 6.33 Å². The van der Waals surface area contributed by atoms with E-state index in [1.165, 1.54) is 19.6 Å². The van der Waals surface area contributed by atoms with Gasteiger partial charge in [-0.1, -0.05) is 0 Å². The Hall–Kier alpha value is -1.93. The third kappa shape index (κ3) is 3.82. The number of carbonyl (C=O) groups excluding carboxylic acids is 1. The Morgan fingerprint density at radius 1 is 1.67 bits per heavy atom.